The summed E-state index contributed by atoms with van der Waals surface area (Å²) in [5, 5.41) is 2.72. The van der Waals surface area contributed by atoms with E-state index in [0.717, 1.165) is 11.1 Å². The summed E-state index contributed by atoms with van der Waals surface area (Å²) in [4.78, 5) is 12.1. The molecule has 0 fully saturated rings. The minimum Gasteiger partial charge on any atom is -0.497 e. The van der Waals surface area contributed by atoms with Crippen molar-refractivity contribution in [2.45, 2.75) is 0 Å². The molecule has 0 spiro atoms. The molecule has 1 amide bonds. The number of hydrogen-bond acceptors (Lipinski definition) is 4. The van der Waals surface area contributed by atoms with Gasteiger partial charge in [0.2, 0.25) is 0 Å². The lowest BCUT2D eigenvalue weighted by atomic mass is 10.0. The van der Waals surface area contributed by atoms with Crippen LogP contribution in [0.15, 0.2) is 72.8 Å². The predicted octanol–water partition coefficient (Wildman–Crippen LogP) is 4.56. The molecule has 5 heteroatoms. The number of anilines is 2. The number of carbonyl (C=O) groups is 1. The van der Waals surface area contributed by atoms with Crippen molar-refractivity contribution >= 4 is 17.5 Å². The van der Waals surface area contributed by atoms with Crippen LogP contribution in [0.1, 0.15) is 0 Å². The first-order chi connectivity index (χ1) is 12.1. The lowest BCUT2D eigenvalue weighted by molar-refractivity contribution is 0.215. The molecule has 0 unspecified atom stereocenters. The number of hydrogen-bond donors (Lipinski definition) is 2. The van der Waals surface area contributed by atoms with Crippen molar-refractivity contribution in [1.82, 2.24) is 0 Å². The highest BCUT2D eigenvalue weighted by atomic mass is 16.6. The van der Waals surface area contributed by atoms with Crippen LogP contribution in [0.25, 0.3) is 11.1 Å². The molecule has 126 valence electrons. The van der Waals surface area contributed by atoms with Crippen LogP contribution in [0.2, 0.25) is 0 Å². The first-order valence-corrected chi connectivity index (χ1v) is 7.73. The Morgan fingerprint density at radius 1 is 0.880 bits per heavy atom. The Morgan fingerprint density at radius 3 is 2.20 bits per heavy atom. The summed E-state index contributed by atoms with van der Waals surface area (Å²) >= 11 is 0. The second-order valence-electron chi connectivity index (χ2n) is 5.40. The summed E-state index contributed by atoms with van der Waals surface area (Å²) in [7, 11) is 1.58. The highest BCUT2D eigenvalue weighted by Crippen LogP contribution is 2.24. The van der Waals surface area contributed by atoms with Crippen molar-refractivity contribution in [1.29, 1.82) is 0 Å². The van der Waals surface area contributed by atoms with E-state index in [-0.39, 0.29) is 0 Å². The molecule has 0 saturated carbocycles. The topological polar surface area (TPSA) is 73.6 Å². The van der Waals surface area contributed by atoms with E-state index in [2.05, 4.69) is 5.32 Å². The first-order valence-electron chi connectivity index (χ1n) is 7.73. The van der Waals surface area contributed by atoms with E-state index in [1.54, 1.807) is 37.4 Å². The number of methoxy groups -OCH3 is 1. The van der Waals surface area contributed by atoms with E-state index in [9.17, 15) is 4.79 Å². The monoisotopic (exact) mass is 334 g/mol. The highest BCUT2D eigenvalue weighted by Gasteiger charge is 2.07. The Labute approximate surface area is 146 Å². The van der Waals surface area contributed by atoms with Gasteiger partial charge in [-0.05, 0) is 59.7 Å². The second-order valence-corrected chi connectivity index (χ2v) is 5.40. The zero-order chi connectivity index (χ0) is 17.6. The Hall–Kier alpha value is -3.47. The van der Waals surface area contributed by atoms with Crippen LogP contribution >= 0.6 is 0 Å². The Bertz CT molecular complexity index is 876. The average molecular weight is 334 g/mol. The molecule has 0 bridgehead atoms. The van der Waals surface area contributed by atoms with Crippen LogP contribution < -0.4 is 20.5 Å². The number of nitrogens with one attached hydrogen (secondary N) is 1. The minimum atomic E-state index is -0.560. The molecule has 0 aromatic heterocycles. The maximum atomic E-state index is 12.1. The number of rotatable bonds is 4. The largest absolute Gasteiger partial charge is 0.497 e. The van der Waals surface area contributed by atoms with Crippen molar-refractivity contribution in [3.63, 3.8) is 0 Å². The summed E-state index contributed by atoms with van der Waals surface area (Å²) in [6.07, 6.45) is -0.560. The van der Waals surface area contributed by atoms with E-state index in [1.807, 2.05) is 42.5 Å². The van der Waals surface area contributed by atoms with Crippen molar-refractivity contribution in [3.05, 3.63) is 72.8 Å². The van der Waals surface area contributed by atoms with Gasteiger partial charge in [-0.15, -0.1) is 0 Å². The molecule has 25 heavy (non-hydrogen) atoms. The quantitative estimate of drug-likeness (QED) is 0.686. The van der Waals surface area contributed by atoms with Crippen LogP contribution in [0.4, 0.5) is 16.2 Å². The molecule has 3 N–H and O–H groups in total. The maximum Gasteiger partial charge on any atom is 0.417 e. The van der Waals surface area contributed by atoms with Gasteiger partial charge in [-0.25, -0.2) is 4.79 Å². The molecular formula is C20H18N2O3. The lowest BCUT2D eigenvalue weighted by Crippen LogP contribution is -2.16. The highest BCUT2D eigenvalue weighted by molar-refractivity contribution is 5.87. The summed E-state index contributed by atoms with van der Waals surface area (Å²) in [6.45, 7) is 0. The Kier molecular flexibility index (Phi) is 4.85. The molecule has 3 aromatic rings. The molecular weight excluding hydrogens is 316 g/mol. The van der Waals surface area contributed by atoms with Gasteiger partial charge in [0.05, 0.1) is 7.11 Å². The van der Waals surface area contributed by atoms with Gasteiger partial charge in [0.25, 0.3) is 0 Å². The normalized spacial score (nSPS) is 10.1. The summed E-state index contributed by atoms with van der Waals surface area (Å²) in [6, 6.07) is 21.8. The molecule has 0 saturated heterocycles. The van der Waals surface area contributed by atoms with Crippen LogP contribution in [-0.4, -0.2) is 13.2 Å². The minimum absolute atomic E-state index is 0.435. The second kappa shape index (κ2) is 7.40. The number of nitrogen functional groups attached to an aromatic ring is 1. The molecule has 3 rings (SSSR count). The number of carbonyl (C=O) groups excluding carboxylic acids is 1. The van der Waals surface area contributed by atoms with E-state index < -0.39 is 6.09 Å². The summed E-state index contributed by atoms with van der Waals surface area (Å²) in [5.74, 6) is 1.13. The van der Waals surface area contributed by atoms with Crippen LogP contribution in [0.3, 0.4) is 0 Å². The molecule has 0 radical (unpaired) electrons. The van der Waals surface area contributed by atoms with Gasteiger partial charge in [0, 0.05) is 11.4 Å². The summed E-state index contributed by atoms with van der Waals surface area (Å²) in [5.41, 5.74) is 9.08. The molecule has 5 nitrogen and oxygen atoms in total. The molecule has 3 aromatic carbocycles. The number of ether oxygens (including phenoxy) is 2. The number of benzene rings is 3. The van der Waals surface area contributed by atoms with Crippen molar-refractivity contribution in [3.8, 4) is 22.6 Å². The van der Waals surface area contributed by atoms with Gasteiger partial charge < -0.3 is 15.2 Å². The third kappa shape index (κ3) is 4.29. The molecule has 0 heterocycles. The Morgan fingerprint density at radius 2 is 1.52 bits per heavy atom. The zero-order valence-corrected chi connectivity index (χ0v) is 13.7. The van der Waals surface area contributed by atoms with Gasteiger partial charge in [-0.2, -0.15) is 0 Å². The lowest BCUT2D eigenvalue weighted by Gasteiger charge is -2.09. The third-order valence-electron chi connectivity index (χ3n) is 3.60. The SMILES string of the molecule is COc1ccc(OC(=O)Nc2cccc(-c3cccc(N)c3)c2)cc1. The Balaban J connectivity index is 1.70. The van der Waals surface area contributed by atoms with Gasteiger partial charge in [-0.3, -0.25) is 5.32 Å². The smallest absolute Gasteiger partial charge is 0.417 e. The van der Waals surface area contributed by atoms with Crippen molar-refractivity contribution in [2.24, 2.45) is 0 Å². The van der Waals surface area contributed by atoms with Crippen LogP contribution in [0, 0.1) is 0 Å². The molecule has 0 aliphatic rings. The fourth-order valence-electron chi connectivity index (χ4n) is 2.39. The zero-order valence-electron chi connectivity index (χ0n) is 13.7. The van der Waals surface area contributed by atoms with Crippen LogP contribution in [-0.2, 0) is 0 Å². The fraction of sp³-hybridized carbons (Fsp3) is 0.0500. The molecule has 0 aliphatic heterocycles. The van der Waals surface area contributed by atoms with E-state index in [0.29, 0.717) is 22.9 Å². The van der Waals surface area contributed by atoms with Crippen LogP contribution in [0.5, 0.6) is 11.5 Å². The standard InChI is InChI=1S/C20H18N2O3/c1-24-18-8-10-19(11-9-18)25-20(23)22-17-7-3-5-15(13-17)14-4-2-6-16(21)12-14/h2-13H,21H2,1H3,(H,22,23). The number of nitrogens with two attached hydrogens (primary N) is 1. The molecule has 0 aliphatic carbocycles. The number of amides is 1. The fourth-order valence-corrected chi connectivity index (χ4v) is 2.39. The maximum absolute atomic E-state index is 12.1. The van der Waals surface area contributed by atoms with E-state index >= 15 is 0 Å². The average Bonchev–Trinajstić information content (AvgIpc) is 2.62. The van der Waals surface area contributed by atoms with Gasteiger partial charge in [-0.1, -0.05) is 24.3 Å². The predicted molar refractivity (Wildman–Crippen MR) is 98.9 cm³/mol. The van der Waals surface area contributed by atoms with Crippen molar-refractivity contribution < 1.29 is 14.3 Å². The van der Waals surface area contributed by atoms with Gasteiger partial charge in [0.15, 0.2) is 0 Å². The summed E-state index contributed by atoms with van der Waals surface area (Å²) < 4.78 is 10.3. The third-order valence-corrected chi connectivity index (χ3v) is 3.60. The van der Waals surface area contributed by atoms with Gasteiger partial charge in [0.1, 0.15) is 11.5 Å². The van der Waals surface area contributed by atoms with Gasteiger partial charge >= 0.3 is 6.09 Å². The molecule has 0 atom stereocenters. The first kappa shape index (κ1) is 16.4. The van der Waals surface area contributed by atoms with Crippen molar-refractivity contribution in [2.75, 3.05) is 18.2 Å². The van der Waals surface area contributed by atoms with E-state index in [1.165, 1.54) is 0 Å². The van der Waals surface area contributed by atoms with E-state index in [4.69, 9.17) is 15.2 Å².